The molecule has 0 aliphatic carbocycles. The normalized spacial score (nSPS) is 13.1. The van der Waals surface area contributed by atoms with Gasteiger partial charge in [0.1, 0.15) is 0 Å². The van der Waals surface area contributed by atoms with Crippen LogP contribution in [-0.2, 0) is 13.6 Å². The van der Waals surface area contributed by atoms with E-state index in [9.17, 15) is 4.57 Å². The predicted molar refractivity (Wildman–Crippen MR) is 59.7 cm³/mol. The molecular formula is C10H19O3P. The quantitative estimate of drug-likeness (QED) is 0.485. The average Bonchev–Trinajstić information content (AvgIpc) is 2.13. The first kappa shape index (κ1) is 13.6. The molecule has 0 amide bonds. The SMILES string of the molecule is C/C=C/C=C/CP(=O)(OCC)OCC. The Morgan fingerprint density at radius 2 is 1.71 bits per heavy atom. The van der Waals surface area contributed by atoms with Crippen LogP contribution >= 0.6 is 7.60 Å². The van der Waals surface area contributed by atoms with Gasteiger partial charge in [0, 0.05) is 0 Å². The van der Waals surface area contributed by atoms with Crippen molar-refractivity contribution in [3.63, 3.8) is 0 Å². The second-order valence-corrected chi connectivity index (χ2v) is 4.69. The van der Waals surface area contributed by atoms with Gasteiger partial charge in [0.15, 0.2) is 0 Å². The van der Waals surface area contributed by atoms with E-state index in [0.29, 0.717) is 19.4 Å². The van der Waals surface area contributed by atoms with Gasteiger partial charge in [-0.3, -0.25) is 4.57 Å². The molecule has 4 heteroatoms. The van der Waals surface area contributed by atoms with E-state index in [1.165, 1.54) is 0 Å². The maximum absolute atomic E-state index is 11.9. The van der Waals surface area contributed by atoms with Gasteiger partial charge in [-0.1, -0.05) is 24.3 Å². The van der Waals surface area contributed by atoms with Gasteiger partial charge in [-0.25, -0.2) is 0 Å². The lowest BCUT2D eigenvalue weighted by molar-refractivity contribution is 0.222. The Bertz CT molecular complexity index is 224. The molecule has 0 N–H and O–H groups in total. The second kappa shape index (κ2) is 7.98. The van der Waals surface area contributed by atoms with E-state index >= 15 is 0 Å². The van der Waals surface area contributed by atoms with Crippen LogP contribution in [0.15, 0.2) is 24.3 Å². The maximum atomic E-state index is 11.9. The first-order chi connectivity index (χ1) is 6.68. The summed E-state index contributed by atoms with van der Waals surface area (Å²) >= 11 is 0. The Morgan fingerprint density at radius 1 is 1.14 bits per heavy atom. The van der Waals surface area contributed by atoms with Crippen molar-refractivity contribution in [2.75, 3.05) is 19.4 Å². The zero-order valence-corrected chi connectivity index (χ0v) is 10.00. The van der Waals surface area contributed by atoms with E-state index in [4.69, 9.17) is 9.05 Å². The molecule has 0 aliphatic rings. The molecule has 0 fully saturated rings. The Morgan fingerprint density at radius 3 is 2.14 bits per heavy atom. The highest BCUT2D eigenvalue weighted by atomic mass is 31.2. The minimum atomic E-state index is -2.88. The number of hydrogen-bond donors (Lipinski definition) is 0. The third-order valence-electron chi connectivity index (χ3n) is 1.42. The Labute approximate surface area is 86.3 Å². The lowest BCUT2D eigenvalue weighted by Crippen LogP contribution is -1.98. The molecule has 82 valence electrons. The molecule has 0 saturated heterocycles. The minimum absolute atomic E-state index is 0.332. The average molecular weight is 218 g/mol. The van der Waals surface area contributed by atoms with Gasteiger partial charge in [-0.15, -0.1) is 0 Å². The summed E-state index contributed by atoms with van der Waals surface area (Å²) in [5.74, 6) is 0. The lowest BCUT2D eigenvalue weighted by atomic mass is 10.5. The molecule has 0 radical (unpaired) electrons. The van der Waals surface area contributed by atoms with E-state index in [0.717, 1.165) is 0 Å². The Balaban J connectivity index is 4.15. The van der Waals surface area contributed by atoms with Crippen molar-refractivity contribution < 1.29 is 13.6 Å². The van der Waals surface area contributed by atoms with Crippen LogP contribution in [0.1, 0.15) is 20.8 Å². The first-order valence-corrected chi connectivity index (χ1v) is 6.57. The summed E-state index contributed by atoms with van der Waals surface area (Å²) in [5, 5.41) is 0. The van der Waals surface area contributed by atoms with E-state index < -0.39 is 7.60 Å². The van der Waals surface area contributed by atoms with Crippen molar-refractivity contribution in [2.45, 2.75) is 20.8 Å². The van der Waals surface area contributed by atoms with E-state index in [-0.39, 0.29) is 0 Å². The highest BCUT2D eigenvalue weighted by Crippen LogP contribution is 2.47. The molecule has 0 aromatic heterocycles. The van der Waals surface area contributed by atoms with Crippen LogP contribution in [0.25, 0.3) is 0 Å². The summed E-state index contributed by atoms with van der Waals surface area (Å²) in [5.41, 5.74) is 0. The van der Waals surface area contributed by atoms with Crippen LogP contribution in [0, 0.1) is 0 Å². The fraction of sp³-hybridized carbons (Fsp3) is 0.600. The molecule has 3 nitrogen and oxygen atoms in total. The number of rotatable bonds is 7. The monoisotopic (exact) mass is 218 g/mol. The molecule has 0 saturated carbocycles. The highest BCUT2D eigenvalue weighted by molar-refractivity contribution is 7.54. The summed E-state index contributed by atoms with van der Waals surface area (Å²) in [4.78, 5) is 0. The zero-order valence-electron chi connectivity index (χ0n) is 9.10. The third kappa shape index (κ3) is 6.14. The largest absolute Gasteiger partial charge is 0.334 e. The molecule has 0 heterocycles. The van der Waals surface area contributed by atoms with Gasteiger partial charge in [0.25, 0.3) is 0 Å². The fourth-order valence-corrected chi connectivity index (χ4v) is 2.37. The van der Waals surface area contributed by atoms with Crippen molar-refractivity contribution in [2.24, 2.45) is 0 Å². The number of hydrogen-bond acceptors (Lipinski definition) is 3. The lowest BCUT2D eigenvalue weighted by Gasteiger charge is -2.14. The molecule has 0 spiro atoms. The minimum Gasteiger partial charge on any atom is -0.309 e. The third-order valence-corrected chi connectivity index (χ3v) is 3.38. The summed E-state index contributed by atoms with van der Waals surface area (Å²) < 4.78 is 22.1. The topological polar surface area (TPSA) is 35.5 Å². The predicted octanol–water partition coefficient (Wildman–Crippen LogP) is 3.38. The zero-order chi connectivity index (χ0) is 10.9. The Hall–Kier alpha value is -0.370. The van der Waals surface area contributed by atoms with Crippen LogP contribution in [0.5, 0.6) is 0 Å². The summed E-state index contributed by atoms with van der Waals surface area (Å²) in [6, 6.07) is 0. The summed E-state index contributed by atoms with van der Waals surface area (Å²) in [6.45, 7) is 6.36. The molecular weight excluding hydrogens is 199 g/mol. The van der Waals surface area contributed by atoms with Crippen LogP contribution in [-0.4, -0.2) is 19.4 Å². The highest BCUT2D eigenvalue weighted by Gasteiger charge is 2.20. The smallest absolute Gasteiger partial charge is 0.309 e. The van der Waals surface area contributed by atoms with Gasteiger partial charge in [-0.2, -0.15) is 0 Å². The molecule has 0 bridgehead atoms. The maximum Gasteiger partial charge on any atom is 0.334 e. The summed E-state index contributed by atoms with van der Waals surface area (Å²) in [7, 11) is -2.88. The van der Waals surface area contributed by atoms with Crippen LogP contribution < -0.4 is 0 Å². The van der Waals surface area contributed by atoms with E-state index in [1.807, 2.05) is 25.2 Å². The molecule has 0 rings (SSSR count). The number of allylic oxidation sites excluding steroid dienone is 4. The molecule has 0 unspecified atom stereocenters. The van der Waals surface area contributed by atoms with Gasteiger partial charge < -0.3 is 9.05 Å². The van der Waals surface area contributed by atoms with E-state index in [2.05, 4.69) is 0 Å². The van der Waals surface area contributed by atoms with Crippen LogP contribution in [0.3, 0.4) is 0 Å². The molecule has 0 atom stereocenters. The van der Waals surface area contributed by atoms with Crippen molar-refractivity contribution in [1.29, 1.82) is 0 Å². The van der Waals surface area contributed by atoms with Crippen LogP contribution in [0.2, 0.25) is 0 Å². The second-order valence-electron chi connectivity index (χ2n) is 2.58. The van der Waals surface area contributed by atoms with Gasteiger partial charge in [0.2, 0.25) is 0 Å². The molecule has 0 aromatic carbocycles. The summed E-state index contributed by atoms with van der Waals surface area (Å²) in [6.07, 6.45) is 7.75. The fourth-order valence-electron chi connectivity index (χ4n) is 0.916. The standard InChI is InChI=1S/C10H19O3P/c1-4-7-8-9-10-14(11,12-5-2)13-6-3/h4,7-9H,5-6,10H2,1-3H3/b7-4+,9-8+. The Kier molecular flexibility index (Phi) is 7.77. The van der Waals surface area contributed by atoms with Crippen molar-refractivity contribution in [1.82, 2.24) is 0 Å². The molecule has 14 heavy (non-hydrogen) atoms. The molecule has 0 aliphatic heterocycles. The molecule has 0 aromatic rings. The van der Waals surface area contributed by atoms with Crippen LogP contribution in [0.4, 0.5) is 0 Å². The van der Waals surface area contributed by atoms with Gasteiger partial charge in [0.05, 0.1) is 19.4 Å². The van der Waals surface area contributed by atoms with Gasteiger partial charge in [-0.05, 0) is 20.8 Å². The first-order valence-electron chi connectivity index (χ1n) is 4.84. The van der Waals surface area contributed by atoms with E-state index in [1.54, 1.807) is 19.9 Å². The van der Waals surface area contributed by atoms with Gasteiger partial charge >= 0.3 is 7.60 Å². The van der Waals surface area contributed by atoms with Crippen molar-refractivity contribution >= 4 is 7.60 Å². The van der Waals surface area contributed by atoms with Crippen molar-refractivity contribution in [3.8, 4) is 0 Å². The van der Waals surface area contributed by atoms with Crippen molar-refractivity contribution in [3.05, 3.63) is 24.3 Å².